The zero-order valence-electron chi connectivity index (χ0n) is 6.99. The molecule has 0 radical (unpaired) electrons. The summed E-state index contributed by atoms with van der Waals surface area (Å²) in [6, 6.07) is -0.171. The summed E-state index contributed by atoms with van der Waals surface area (Å²) in [7, 11) is 0. The van der Waals surface area contributed by atoms with E-state index in [1.807, 2.05) is 0 Å². The molecular formula is C7H16N2O3. The second kappa shape index (κ2) is 6.87. The Bertz CT molecular complexity index is 130. The second-order valence-electron chi connectivity index (χ2n) is 2.67. The Labute approximate surface area is 71.6 Å². The first-order chi connectivity index (χ1) is 5.66. The van der Waals surface area contributed by atoms with Crippen LogP contribution < -0.4 is 11.1 Å². The Morgan fingerprint density at radius 1 is 1.50 bits per heavy atom. The van der Waals surface area contributed by atoms with Gasteiger partial charge in [0.2, 0.25) is 0 Å². The van der Waals surface area contributed by atoms with E-state index in [4.69, 9.17) is 15.9 Å². The molecule has 0 aromatic heterocycles. The molecule has 5 heteroatoms. The molecule has 1 atom stereocenters. The highest BCUT2D eigenvalue weighted by molar-refractivity contribution is 5.64. The molecular weight excluding hydrogens is 160 g/mol. The first-order valence-corrected chi connectivity index (χ1v) is 4.00. The number of rotatable bonds is 6. The quantitative estimate of drug-likeness (QED) is 0.419. The maximum atomic E-state index is 9.98. The van der Waals surface area contributed by atoms with E-state index in [1.54, 1.807) is 0 Å². The number of aliphatic hydroxyl groups excluding tert-OH is 1. The highest BCUT2D eigenvalue weighted by atomic mass is 16.4. The zero-order valence-corrected chi connectivity index (χ0v) is 6.99. The van der Waals surface area contributed by atoms with Crippen LogP contribution in [0.15, 0.2) is 0 Å². The molecule has 12 heavy (non-hydrogen) atoms. The van der Waals surface area contributed by atoms with Crippen molar-refractivity contribution >= 4 is 6.09 Å². The number of hydrogen-bond donors (Lipinski definition) is 4. The molecule has 0 aromatic rings. The SMILES string of the molecule is N[C@H](CO)CCCCNC(=O)O. The number of unbranched alkanes of at least 4 members (excludes halogenated alkanes) is 1. The van der Waals surface area contributed by atoms with Crippen molar-refractivity contribution in [3.63, 3.8) is 0 Å². The summed E-state index contributed by atoms with van der Waals surface area (Å²) in [5.41, 5.74) is 5.43. The van der Waals surface area contributed by atoms with Gasteiger partial charge in [-0.1, -0.05) is 6.42 Å². The van der Waals surface area contributed by atoms with Crippen LogP contribution in [0, 0.1) is 0 Å². The lowest BCUT2D eigenvalue weighted by Crippen LogP contribution is -2.25. The van der Waals surface area contributed by atoms with E-state index in [1.165, 1.54) is 0 Å². The number of hydrogen-bond acceptors (Lipinski definition) is 3. The summed E-state index contributed by atoms with van der Waals surface area (Å²) in [6.45, 7) is 0.444. The van der Waals surface area contributed by atoms with Gasteiger partial charge >= 0.3 is 6.09 Å². The fourth-order valence-electron chi connectivity index (χ4n) is 0.818. The van der Waals surface area contributed by atoms with Gasteiger partial charge in [-0.3, -0.25) is 0 Å². The molecule has 0 aliphatic rings. The number of carbonyl (C=O) groups is 1. The van der Waals surface area contributed by atoms with Crippen LogP contribution in [0.4, 0.5) is 4.79 Å². The van der Waals surface area contributed by atoms with Crippen LogP contribution in [-0.4, -0.2) is 35.5 Å². The van der Waals surface area contributed by atoms with Crippen LogP contribution in [-0.2, 0) is 0 Å². The zero-order chi connectivity index (χ0) is 9.40. The number of amides is 1. The highest BCUT2D eigenvalue weighted by Crippen LogP contribution is 1.96. The maximum absolute atomic E-state index is 9.98. The standard InChI is InChI=1S/C7H16N2O3/c8-6(5-10)3-1-2-4-9-7(11)12/h6,9-10H,1-5,8H2,(H,11,12)/t6-/m0/s1. The van der Waals surface area contributed by atoms with Crippen LogP contribution in [0.25, 0.3) is 0 Å². The minimum Gasteiger partial charge on any atom is -0.465 e. The van der Waals surface area contributed by atoms with Crippen LogP contribution in [0.2, 0.25) is 0 Å². The second-order valence-corrected chi connectivity index (χ2v) is 2.67. The molecule has 0 unspecified atom stereocenters. The predicted molar refractivity (Wildman–Crippen MR) is 44.9 cm³/mol. The van der Waals surface area contributed by atoms with Gasteiger partial charge < -0.3 is 21.3 Å². The molecule has 0 bridgehead atoms. The molecule has 0 aliphatic heterocycles. The van der Waals surface area contributed by atoms with E-state index in [-0.39, 0.29) is 12.6 Å². The first kappa shape index (κ1) is 11.2. The summed E-state index contributed by atoms with van der Waals surface area (Å²) < 4.78 is 0. The minimum absolute atomic E-state index is 0.00758. The molecule has 72 valence electrons. The predicted octanol–water partition coefficient (Wildman–Crippen LogP) is -0.256. The summed E-state index contributed by atoms with van der Waals surface area (Å²) in [5, 5.41) is 19.0. The first-order valence-electron chi connectivity index (χ1n) is 4.00. The van der Waals surface area contributed by atoms with Gasteiger partial charge in [0.1, 0.15) is 0 Å². The Balaban J connectivity index is 3.05. The van der Waals surface area contributed by atoms with Crippen molar-refractivity contribution in [2.75, 3.05) is 13.2 Å². The fraction of sp³-hybridized carbons (Fsp3) is 0.857. The summed E-state index contributed by atoms with van der Waals surface area (Å²) in [5.74, 6) is 0. The van der Waals surface area contributed by atoms with Gasteiger partial charge in [0.15, 0.2) is 0 Å². The van der Waals surface area contributed by atoms with Gasteiger partial charge in [-0.2, -0.15) is 0 Å². The third-order valence-corrected chi connectivity index (χ3v) is 1.51. The van der Waals surface area contributed by atoms with Gasteiger partial charge in [0.05, 0.1) is 6.61 Å². The number of nitrogens with one attached hydrogen (secondary N) is 1. The third kappa shape index (κ3) is 7.30. The van der Waals surface area contributed by atoms with Crippen molar-refractivity contribution in [3.05, 3.63) is 0 Å². The highest BCUT2D eigenvalue weighted by Gasteiger charge is 1.99. The van der Waals surface area contributed by atoms with Crippen molar-refractivity contribution in [2.24, 2.45) is 5.73 Å². The van der Waals surface area contributed by atoms with Crippen molar-refractivity contribution in [1.82, 2.24) is 5.32 Å². The van der Waals surface area contributed by atoms with Crippen molar-refractivity contribution in [1.29, 1.82) is 0 Å². The van der Waals surface area contributed by atoms with Gasteiger partial charge in [0, 0.05) is 12.6 Å². The molecule has 0 heterocycles. The van der Waals surface area contributed by atoms with E-state index >= 15 is 0 Å². The Hall–Kier alpha value is -0.810. The van der Waals surface area contributed by atoms with Gasteiger partial charge in [-0.05, 0) is 12.8 Å². The van der Waals surface area contributed by atoms with Crippen molar-refractivity contribution in [2.45, 2.75) is 25.3 Å². The van der Waals surface area contributed by atoms with Gasteiger partial charge in [-0.25, -0.2) is 4.79 Å². The Kier molecular flexibility index (Phi) is 6.41. The largest absolute Gasteiger partial charge is 0.465 e. The molecule has 5 nitrogen and oxygen atoms in total. The summed E-state index contributed by atoms with van der Waals surface area (Å²) in [4.78, 5) is 9.98. The molecule has 0 rings (SSSR count). The smallest absolute Gasteiger partial charge is 0.404 e. The van der Waals surface area contributed by atoms with Crippen LogP contribution >= 0.6 is 0 Å². The lowest BCUT2D eigenvalue weighted by Gasteiger charge is -2.06. The molecule has 0 aromatic carbocycles. The van der Waals surface area contributed by atoms with E-state index in [0.29, 0.717) is 6.54 Å². The topological polar surface area (TPSA) is 95.6 Å². The van der Waals surface area contributed by atoms with Gasteiger partial charge in [0.25, 0.3) is 0 Å². The minimum atomic E-state index is -0.999. The Morgan fingerprint density at radius 2 is 2.17 bits per heavy atom. The molecule has 0 spiro atoms. The monoisotopic (exact) mass is 176 g/mol. The van der Waals surface area contributed by atoms with E-state index in [0.717, 1.165) is 19.3 Å². The average Bonchev–Trinajstić information content (AvgIpc) is 2.03. The molecule has 0 saturated carbocycles. The molecule has 1 amide bonds. The van der Waals surface area contributed by atoms with Crippen LogP contribution in [0.1, 0.15) is 19.3 Å². The summed E-state index contributed by atoms with van der Waals surface area (Å²) >= 11 is 0. The normalized spacial score (nSPS) is 12.5. The lowest BCUT2D eigenvalue weighted by atomic mass is 10.1. The van der Waals surface area contributed by atoms with E-state index in [2.05, 4.69) is 5.32 Å². The molecule has 0 fully saturated rings. The number of nitrogens with two attached hydrogens (primary N) is 1. The molecule has 5 N–H and O–H groups in total. The maximum Gasteiger partial charge on any atom is 0.404 e. The molecule has 0 saturated heterocycles. The lowest BCUT2D eigenvalue weighted by molar-refractivity contribution is 0.194. The number of carboxylic acid groups (broad SMARTS) is 1. The average molecular weight is 176 g/mol. The molecule has 0 aliphatic carbocycles. The third-order valence-electron chi connectivity index (χ3n) is 1.51. The Morgan fingerprint density at radius 3 is 2.67 bits per heavy atom. The van der Waals surface area contributed by atoms with Crippen molar-refractivity contribution < 1.29 is 15.0 Å². The van der Waals surface area contributed by atoms with Crippen LogP contribution in [0.5, 0.6) is 0 Å². The van der Waals surface area contributed by atoms with E-state index < -0.39 is 6.09 Å². The van der Waals surface area contributed by atoms with Gasteiger partial charge in [-0.15, -0.1) is 0 Å². The van der Waals surface area contributed by atoms with Crippen LogP contribution in [0.3, 0.4) is 0 Å². The van der Waals surface area contributed by atoms with E-state index in [9.17, 15) is 4.79 Å². The number of aliphatic hydroxyl groups is 1. The fourth-order valence-corrected chi connectivity index (χ4v) is 0.818. The summed E-state index contributed by atoms with van der Waals surface area (Å²) in [6.07, 6.45) is 1.33. The van der Waals surface area contributed by atoms with Crippen molar-refractivity contribution in [3.8, 4) is 0 Å².